The summed E-state index contributed by atoms with van der Waals surface area (Å²) in [4.78, 5) is 13.2. The monoisotopic (exact) mass is 285 g/mol. The van der Waals surface area contributed by atoms with Crippen LogP contribution in [0.2, 0.25) is 5.02 Å². The van der Waals surface area contributed by atoms with Crippen molar-refractivity contribution < 1.29 is 14.3 Å². The van der Waals surface area contributed by atoms with E-state index in [2.05, 4.69) is 0 Å². The van der Waals surface area contributed by atoms with Crippen molar-refractivity contribution in [2.75, 3.05) is 6.54 Å². The van der Waals surface area contributed by atoms with Gasteiger partial charge < -0.3 is 5.11 Å². The van der Waals surface area contributed by atoms with Gasteiger partial charge in [0, 0.05) is 23.2 Å². The standard InChI is InChI=1S/C14H17ClFNO2/c1-9-12(14(18)19)3-2-6-17(9)8-10-7-11(15)4-5-13(10)16/h4-5,7,9,12H,2-3,6,8H2,1H3,(H,18,19)/t9-,12-/m1/s1. The van der Waals surface area contributed by atoms with Gasteiger partial charge in [0.2, 0.25) is 0 Å². The highest BCUT2D eigenvalue weighted by Gasteiger charge is 2.32. The van der Waals surface area contributed by atoms with Crippen LogP contribution in [0.3, 0.4) is 0 Å². The van der Waals surface area contributed by atoms with Crippen molar-refractivity contribution in [2.24, 2.45) is 5.92 Å². The molecule has 1 saturated heterocycles. The summed E-state index contributed by atoms with van der Waals surface area (Å²) in [6.07, 6.45) is 1.51. The summed E-state index contributed by atoms with van der Waals surface area (Å²) in [6.45, 7) is 3.08. The second kappa shape index (κ2) is 5.88. The number of hydrogen-bond donors (Lipinski definition) is 1. The fourth-order valence-corrected chi connectivity index (χ4v) is 2.84. The minimum absolute atomic E-state index is 0.0929. The maximum absolute atomic E-state index is 13.7. The summed E-state index contributed by atoms with van der Waals surface area (Å²) in [6, 6.07) is 4.37. The molecule has 0 aromatic heterocycles. The quantitative estimate of drug-likeness (QED) is 0.927. The number of piperidine rings is 1. The van der Waals surface area contributed by atoms with Crippen molar-refractivity contribution in [3.63, 3.8) is 0 Å². The number of carboxylic acids is 1. The van der Waals surface area contributed by atoms with Crippen LogP contribution in [0.15, 0.2) is 18.2 Å². The zero-order valence-corrected chi connectivity index (χ0v) is 11.5. The van der Waals surface area contributed by atoms with E-state index in [0.29, 0.717) is 23.6 Å². The third-order valence-corrected chi connectivity index (χ3v) is 4.05. The van der Waals surface area contributed by atoms with E-state index in [4.69, 9.17) is 16.7 Å². The molecule has 1 fully saturated rings. The minimum atomic E-state index is -0.774. The Labute approximate surface area is 117 Å². The van der Waals surface area contributed by atoms with Crippen LogP contribution in [0, 0.1) is 11.7 Å². The first-order valence-corrected chi connectivity index (χ1v) is 6.77. The average molecular weight is 286 g/mol. The van der Waals surface area contributed by atoms with Crippen LogP contribution in [0.1, 0.15) is 25.3 Å². The highest BCUT2D eigenvalue weighted by molar-refractivity contribution is 6.30. The summed E-state index contributed by atoms with van der Waals surface area (Å²) in [7, 11) is 0. The first kappa shape index (κ1) is 14.3. The largest absolute Gasteiger partial charge is 0.481 e. The number of rotatable bonds is 3. The van der Waals surface area contributed by atoms with Crippen molar-refractivity contribution in [1.82, 2.24) is 4.90 Å². The Kier molecular flexibility index (Phi) is 4.42. The van der Waals surface area contributed by atoms with Gasteiger partial charge in [-0.1, -0.05) is 11.6 Å². The Morgan fingerprint density at radius 1 is 1.58 bits per heavy atom. The number of carbonyl (C=O) groups is 1. The van der Waals surface area contributed by atoms with Gasteiger partial charge in [0.25, 0.3) is 0 Å². The van der Waals surface area contributed by atoms with Gasteiger partial charge in [-0.05, 0) is 44.5 Å². The SMILES string of the molecule is C[C@@H]1[C@H](C(=O)O)CCCN1Cc1cc(Cl)ccc1F. The van der Waals surface area contributed by atoms with Crippen molar-refractivity contribution in [3.05, 3.63) is 34.6 Å². The lowest BCUT2D eigenvalue weighted by Gasteiger charge is -2.37. The molecule has 0 bridgehead atoms. The molecule has 0 unspecified atom stereocenters. The van der Waals surface area contributed by atoms with Gasteiger partial charge in [0.05, 0.1) is 5.92 Å². The van der Waals surface area contributed by atoms with Gasteiger partial charge in [0.15, 0.2) is 0 Å². The molecule has 0 amide bonds. The Morgan fingerprint density at radius 2 is 2.32 bits per heavy atom. The Balaban J connectivity index is 2.13. The molecule has 5 heteroatoms. The van der Waals surface area contributed by atoms with E-state index in [1.165, 1.54) is 12.1 Å². The third kappa shape index (κ3) is 3.25. The molecule has 1 aromatic carbocycles. The van der Waals surface area contributed by atoms with Crippen molar-refractivity contribution >= 4 is 17.6 Å². The maximum Gasteiger partial charge on any atom is 0.308 e. The van der Waals surface area contributed by atoms with E-state index in [9.17, 15) is 9.18 Å². The molecule has 0 saturated carbocycles. The lowest BCUT2D eigenvalue weighted by atomic mass is 9.90. The predicted molar refractivity (Wildman–Crippen MR) is 71.6 cm³/mol. The molecule has 1 heterocycles. The Morgan fingerprint density at radius 3 is 3.00 bits per heavy atom. The molecule has 0 aliphatic carbocycles. The highest BCUT2D eigenvalue weighted by Crippen LogP contribution is 2.26. The molecule has 1 aromatic rings. The van der Waals surface area contributed by atoms with Crippen molar-refractivity contribution in [3.8, 4) is 0 Å². The fourth-order valence-electron chi connectivity index (χ4n) is 2.65. The van der Waals surface area contributed by atoms with Crippen LogP contribution in [0.25, 0.3) is 0 Å². The summed E-state index contributed by atoms with van der Waals surface area (Å²) in [5.41, 5.74) is 0.519. The maximum atomic E-state index is 13.7. The predicted octanol–water partition coefficient (Wildman–Crippen LogP) is 3.16. The van der Waals surface area contributed by atoms with Gasteiger partial charge in [-0.25, -0.2) is 4.39 Å². The number of nitrogens with zero attached hydrogens (tertiary/aromatic N) is 1. The number of hydrogen-bond acceptors (Lipinski definition) is 2. The van der Waals surface area contributed by atoms with E-state index in [1.807, 2.05) is 11.8 Å². The summed E-state index contributed by atoms with van der Waals surface area (Å²) in [5.74, 6) is -1.45. The number of aliphatic carboxylic acids is 1. The molecule has 1 N–H and O–H groups in total. The first-order valence-electron chi connectivity index (χ1n) is 6.40. The normalized spacial score (nSPS) is 24.4. The minimum Gasteiger partial charge on any atom is -0.481 e. The number of halogens is 2. The summed E-state index contributed by atoms with van der Waals surface area (Å²) < 4.78 is 13.7. The van der Waals surface area contributed by atoms with E-state index < -0.39 is 5.97 Å². The lowest BCUT2D eigenvalue weighted by Crippen LogP contribution is -2.45. The molecule has 2 rings (SSSR count). The molecule has 3 nitrogen and oxygen atoms in total. The second-order valence-electron chi connectivity index (χ2n) is 5.03. The molecule has 1 aliphatic heterocycles. The van der Waals surface area contributed by atoms with Gasteiger partial charge in [0.1, 0.15) is 5.82 Å². The smallest absolute Gasteiger partial charge is 0.308 e. The van der Waals surface area contributed by atoms with E-state index in [1.54, 1.807) is 6.07 Å². The zero-order valence-electron chi connectivity index (χ0n) is 10.8. The van der Waals surface area contributed by atoms with Crippen molar-refractivity contribution in [1.29, 1.82) is 0 Å². The van der Waals surface area contributed by atoms with Crippen LogP contribution in [-0.2, 0) is 11.3 Å². The van der Waals surface area contributed by atoms with Crippen LogP contribution in [0.4, 0.5) is 4.39 Å². The number of carboxylic acid groups (broad SMARTS) is 1. The van der Waals surface area contributed by atoms with E-state index in [-0.39, 0.29) is 17.8 Å². The molecule has 2 atom stereocenters. The average Bonchev–Trinajstić information content (AvgIpc) is 2.36. The zero-order chi connectivity index (χ0) is 14.0. The van der Waals surface area contributed by atoms with Gasteiger partial charge in [-0.2, -0.15) is 0 Å². The van der Waals surface area contributed by atoms with Crippen LogP contribution >= 0.6 is 11.6 Å². The molecular weight excluding hydrogens is 269 g/mol. The van der Waals surface area contributed by atoms with Gasteiger partial charge >= 0.3 is 5.97 Å². The first-order chi connectivity index (χ1) is 8.99. The Hall–Kier alpha value is -1.13. The summed E-state index contributed by atoms with van der Waals surface area (Å²) >= 11 is 5.87. The second-order valence-corrected chi connectivity index (χ2v) is 5.47. The topological polar surface area (TPSA) is 40.5 Å². The van der Waals surface area contributed by atoms with Gasteiger partial charge in [-0.15, -0.1) is 0 Å². The van der Waals surface area contributed by atoms with Crippen molar-refractivity contribution in [2.45, 2.75) is 32.4 Å². The van der Waals surface area contributed by atoms with Crippen LogP contribution in [-0.4, -0.2) is 28.6 Å². The van der Waals surface area contributed by atoms with E-state index in [0.717, 1.165) is 13.0 Å². The highest BCUT2D eigenvalue weighted by atomic mass is 35.5. The molecule has 0 radical (unpaired) electrons. The fraction of sp³-hybridized carbons (Fsp3) is 0.500. The molecule has 19 heavy (non-hydrogen) atoms. The van der Waals surface area contributed by atoms with Gasteiger partial charge in [-0.3, -0.25) is 9.69 Å². The molecule has 104 valence electrons. The lowest BCUT2D eigenvalue weighted by molar-refractivity contribution is -0.145. The summed E-state index contributed by atoms with van der Waals surface area (Å²) in [5, 5.41) is 9.67. The van der Waals surface area contributed by atoms with Crippen LogP contribution < -0.4 is 0 Å². The molecule has 1 aliphatic rings. The van der Waals surface area contributed by atoms with E-state index >= 15 is 0 Å². The third-order valence-electron chi connectivity index (χ3n) is 3.82. The number of benzene rings is 1. The van der Waals surface area contributed by atoms with Crippen LogP contribution in [0.5, 0.6) is 0 Å². The molecule has 0 spiro atoms. The Bertz CT molecular complexity index is 481. The molecular formula is C14H17ClFNO2. The number of likely N-dealkylation sites (tertiary alicyclic amines) is 1.